The van der Waals surface area contributed by atoms with Crippen LogP contribution in [0.3, 0.4) is 0 Å². The molecule has 1 aliphatic rings. The number of nitrogens with one attached hydrogen (secondary N) is 2. The average molecular weight is 470 g/mol. The lowest BCUT2D eigenvalue weighted by Crippen LogP contribution is -2.36. The molecule has 35 heavy (non-hydrogen) atoms. The Bertz CT molecular complexity index is 1180. The van der Waals surface area contributed by atoms with E-state index in [0.29, 0.717) is 17.7 Å². The molecule has 2 atom stereocenters. The van der Waals surface area contributed by atoms with Crippen molar-refractivity contribution < 1.29 is 9.59 Å². The molecule has 3 aromatic carbocycles. The van der Waals surface area contributed by atoms with Crippen molar-refractivity contribution in [2.75, 3.05) is 16.8 Å². The molecule has 5 heteroatoms. The second kappa shape index (κ2) is 11.2. The lowest BCUT2D eigenvalue weighted by atomic mass is 9.95. The van der Waals surface area contributed by atoms with Gasteiger partial charge in [0.05, 0.1) is 11.5 Å². The quantitative estimate of drug-likeness (QED) is 0.431. The van der Waals surface area contributed by atoms with Crippen molar-refractivity contribution >= 4 is 23.2 Å². The van der Waals surface area contributed by atoms with Crippen molar-refractivity contribution in [2.45, 2.75) is 58.5 Å². The Morgan fingerprint density at radius 2 is 1.63 bits per heavy atom. The van der Waals surface area contributed by atoms with Gasteiger partial charge in [-0.15, -0.1) is 0 Å². The summed E-state index contributed by atoms with van der Waals surface area (Å²) in [5, 5.41) is 6.17. The third-order valence-corrected chi connectivity index (χ3v) is 6.90. The van der Waals surface area contributed by atoms with E-state index < -0.39 is 0 Å². The maximum absolute atomic E-state index is 13.3. The number of nitrogens with zero attached hydrogens (tertiary/aromatic N) is 1. The molecule has 2 unspecified atom stereocenters. The summed E-state index contributed by atoms with van der Waals surface area (Å²) in [5.74, 6) is -0.419. The molecule has 0 aliphatic carbocycles. The molecule has 4 rings (SSSR count). The van der Waals surface area contributed by atoms with E-state index in [1.54, 1.807) is 0 Å². The number of rotatable bonds is 8. The van der Waals surface area contributed by atoms with Gasteiger partial charge in [-0.3, -0.25) is 9.59 Å². The SMILES string of the molecule is CCC(C)NC(=O)c1cc(NC(=O)C(CC)c2ccccc2)ccc1N1CCc2ccccc2C1. The molecule has 3 aromatic rings. The Hall–Kier alpha value is -3.60. The predicted molar refractivity (Wildman–Crippen MR) is 143 cm³/mol. The molecule has 0 fully saturated rings. The Balaban J connectivity index is 1.62. The molecular weight excluding hydrogens is 434 g/mol. The maximum Gasteiger partial charge on any atom is 0.253 e. The van der Waals surface area contributed by atoms with Gasteiger partial charge in [0.2, 0.25) is 5.91 Å². The minimum absolute atomic E-state index is 0.0633. The van der Waals surface area contributed by atoms with Crippen LogP contribution in [0.4, 0.5) is 11.4 Å². The smallest absolute Gasteiger partial charge is 0.253 e. The number of carbonyl (C=O) groups is 2. The van der Waals surface area contributed by atoms with Crippen molar-refractivity contribution in [3.63, 3.8) is 0 Å². The van der Waals surface area contributed by atoms with Crippen molar-refractivity contribution in [3.8, 4) is 0 Å². The third kappa shape index (κ3) is 5.73. The number of anilines is 2. The van der Waals surface area contributed by atoms with Crippen molar-refractivity contribution in [1.29, 1.82) is 0 Å². The van der Waals surface area contributed by atoms with Gasteiger partial charge in [-0.2, -0.15) is 0 Å². The van der Waals surface area contributed by atoms with Crippen molar-refractivity contribution in [3.05, 3.63) is 95.1 Å². The molecular formula is C30H35N3O2. The summed E-state index contributed by atoms with van der Waals surface area (Å²) in [4.78, 5) is 28.7. The summed E-state index contributed by atoms with van der Waals surface area (Å²) < 4.78 is 0. The van der Waals surface area contributed by atoms with E-state index in [0.717, 1.165) is 37.2 Å². The van der Waals surface area contributed by atoms with E-state index in [-0.39, 0.29) is 23.8 Å². The van der Waals surface area contributed by atoms with E-state index >= 15 is 0 Å². The van der Waals surface area contributed by atoms with Crippen LogP contribution in [-0.2, 0) is 17.8 Å². The minimum Gasteiger partial charge on any atom is -0.366 e. The fourth-order valence-electron chi connectivity index (χ4n) is 4.66. The Morgan fingerprint density at radius 3 is 2.34 bits per heavy atom. The van der Waals surface area contributed by atoms with Gasteiger partial charge in [-0.1, -0.05) is 68.4 Å². The zero-order valence-electron chi connectivity index (χ0n) is 20.9. The van der Waals surface area contributed by atoms with Crippen LogP contribution in [0.2, 0.25) is 0 Å². The first-order valence-electron chi connectivity index (χ1n) is 12.6. The summed E-state index contributed by atoms with van der Waals surface area (Å²) in [7, 11) is 0. The number of hydrogen-bond acceptors (Lipinski definition) is 3. The molecule has 0 bridgehead atoms. The fraction of sp³-hybridized carbons (Fsp3) is 0.333. The first kappa shape index (κ1) is 24.5. The van der Waals surface area contributed by atoms with Gasteiger partial charge in [0.15, 0.2) is 0 Å². The van der Waals surface area contributed by atoms with E-state index in [4.69, 9.17) is 0 Å². The highest BCUT2D eigenvalue weighted by molar-refractivity contribution is 6.03. The normalized spacial score (nSPS) is 14.5. The van der Waals surface area contributed by atoms with Gasteiger partial charge in [0.1, 0.15) is 0 Å². The van der Waals surface area contributed by atoms with Crippen LogP contribution >= 0.6 is 0 Å². The highest BCUT2D eigenvalue weighted by Crippen LogP contribution is 2.30. The number of carbonyl (C=O) groups excluding carboxylic acids is 2. The van der Waals surface area contributed by atoms with Crippen LogP contribution < -0.4 is 15.5 Å². The Labute approximate surface area is 208 Å². The first-order chi connectivity index (χ1) is 17.0. The average Bonchev–Trinajstić information content (AvgIpc) is 2.89. The van der Waals surface area contributed by atoms with Gasteiger partial charge in [0, 0.05) is 30.5 Å². The van der Waals surface area contributed by atoms with E-state index in [1.807, 2.05) is 62.4 Å². The molecule has 2 N–H and O–H groups in total. The van der Waals surface area contributed by atoms with E-state index in [2.05, 4.69) is 46.7 Å². The monoisotopic (exact) mass is 469 g/mol. The lowest BCUT2D eigenvalue weighted by Gasteiger charge is -2.32. The summed E-state index contributed by atoms with van der Waals surface area (Å²) in [6.07, 6.45) is 2.49. The molecule has 5 nitrogen and oxygen atoms in total. The minimum atomic E-state index is -0.244. The first-order valence-corrected chi connectivity index (χ1v) is 12.6. The highest BCUT2D eigenvalue weighted by Gasteiger charge is 2.24. The second-order valence-electron chi connectivity index (χ2n) is 9.32. The summed E-state index contributed by atoms with van der Waals surface area (Å²) in [6, 6.07) is 24.1. The van der Waals surface area contributed by atoms with Crippen LogP contribution in [0.5, 0.6) is 0 Å². The number of fused-ring (bicyclic) bond motifs is 1. The standard InChI is InChI=1S/C30H35N3O2/c1-4-21(3)31-30(35)27-19-25(32-29(34)26(5-2)23-12-7-6-8-13-23)15-16-28(27)33-18-17-22-11-9-10-14-24(22)20-33/h6-16,19,21,26H,4-5,17-18,20H2,1-3H3,(H,31,35)(H,32,34). The van der Waals surface area contributed by atoms with E-state index in [9.17, 15) is 9.59 Å². The molecule has 0 aromatic heterocycles. The van der Waals surface area contributed by atoms with Gasteiger partial charge in [-0.05, 0) is 61.1 Å². The van der Waals surface area contributed by atoms with Crippen LogP contribution in [0.15, 0.2) is 72.8 Å². The largest absolute Gasteiger partial charge is 0.366 e. The van der Waals surface area contributed by atoms with E-state index in [1.165, 1.54) is 11.1 Å². The van der Waals surface area contributed by atoms with Gasteiger partial charge >= 0.3 is 0 Å². The Morgan fingerprint density at radius 1 is 0.914 bits per heavy atom. The zero-order chi connectivity index (χ0) is 24.8. The molecule has 1 heterocycles. The molecule has 0 spiro atoms. The lowest BCUT2D eigenvalue weighted by molar-refractivity contribution is -0.117. The molecule has 0 saturated heterocycles. The molecule has 182 valence electrons. The van der Waals surface area contributed by atoms with Gasteiger partial charge < -0.3 is 15.5 Å². The molecule has 0 radical (unpaired) electrons. The summed E-state index contributed by atoms with van der Waals surface area (Å²) in [5.41, 5.74) is 5.78. The second-order valence-corrected chi connectivity index (χ2v) is 9.32. The van der Waals surface area contributed by atoms with Crippen molar-refractivity contribution in [1.82, 2.24) is 5.32 Å². The highest BCUT2D eigenvalue weighted by atomic mass is 16.2. The van der Waals surface area contributed by atoms with Crippen LogP contribution in [0, 0.1) is 0 Å². The topological polar surface area (TPSA) is 61.4 Å². The fourth-order valence-corrected chi connectivity index (χ4v) is 4.66. The van der Waals surface area contributed by atoms with Crippen LogP contribution in [0.1, 0.15) is 66.6 Å². The van der Waals surface area contributed by atoms with Crippen LogP contribution in [0.25, 0.3) is 0 Å². The Kier molecular flexibility index (Phi) is 7.86. The molecule has 0 saturated carbocycles. The number of benzene rings is 3. The summed E-state index contributed by atoms with van der Waals surface area (Å²) in [6.45, 7) is 7.68. The third-order valence-electron chi connectivity index (χ3n) is 6.90. The number of amides is 2. The molecule has 1 aliphatic heterocycles. The summed E-state index contributed by atoms with van der Waals surface area (Å²) >= 11 is 0. The van der Waals surface area contributed by atoms with Crippen LogP contribution in [-0.4, -0.2) is 24.4 Å². The molecule has 2 amide bonds. The predicted octanol–water partition coefficient (Wildman–Crippen LogP) is 5.91. The zero-order valence-corrected chi connectivity index (χ0v) is 20.9. The maximum atomic E-state index is 13.3. The van der Waals surface area contributed by atoms with Gasteiger partial charge in [0.25, 0.3) is 5.91 Å². The number of hydrogen-bond donors (Lipinski definition) is 2. The van der Waals surface area contributed by atoms with Crippen molar-refractivity contribution in [2.24, 2.45) is 0 Å². The van der Waals surface area contributed by atoms with Gasteiger partial charge in [-0.25, -0.2) is 0 Å².